The van der Waals surface area contributed by atoms with Gasteiger partial charge in [0, 0.05) is 24.1 Å². The molecule has 0 radical (unpaired) electrons. The molecule has 3 aromatic rings. The highest BCUT2D eigenvalue weighted by Gasteiger charge is 2.22. The summed E-state index contributed by atoms with van der Waals surface area (Å²) in [6.45, 7) is 0.492. The van der Waals surface area contributed by atoms with E-state index in [2.05, 4.69) is 20.6 Å². The fraction of sp³-hybridized carbons (Fsp3) is 0.250. The summed E-state index contributed by atoms with van der Waals surface area (Å²) in [6.07, 6.45) is 3.73. The highest BCUT2D eigenvalue weighted by atomic mass is 35.5. The molecule has 0 aliphatic heterocycles. The number of hydrogen-bond donors (Lipinski definition) is 3. The highest BCUT2D eigenvalue weighted by molar-refractivity contribution is 7.98. The highest BCUT2D eigenvalue weighted by Crippen LogP contribution is 2.18. The van der Waals surface area contributed by atoms with E-state index in [9.17, 15) is 14.0 Å². The van der Waals surface area contributed by atoms with Gasteiger partial charge in [0.15, 0.2) is 0 Å². The van der Waals surface area contributed by atoms with E-state index in [-0.39, 0.29) is 18.1 Å². The van der Waals surface area contributed by atoms with Gasteiger partial charge in [-0.25, -0.2) is 9.37 Å². The minimum atomic E-state index is -0.803. The van der Waals surface area contributed by atoms with Crippen molar-refractivity contribution < 1.29 is 14.0 Å². The number of carbonyl (C=O) groups excluding carboxylic acids is 2. The number of amides is 2. The summed E-state index contributed by atoms with van der Waals surface area (Å²) >= 11 is 7.50. The van der Waals surface area contributed by atoms with Crippen LogP contribution in [0, 0.1) is 5.82 Å². The minimum absolute atomic E-state index is 0.241. The Labute approximate surface area is 176 Å². The standard InChI is InChI=1S/C20H20ClFN4O2S/c1-29-7-6-23-19(27)15(8-12-2-4-14(22)5-3-12)26-20(28)16-9-13-10-18(21)24-11-17(13)25-16/h2-5,9-11,15,25H,6-8H2,1H3,(H,23,27)(H,26,28)/t15-/m0/s1. The number of thioether (sulfide) groups is 1. The Morgan fingerprint density at radius 3 is 2.76 bits per heavy atom. The number of carbonyl (C=O) groups is 2. The largest absolute Gasteiger partial charge is 0.353 e. The summed E-state index contributed by atoms with van der Waals surface area (Å²) in [5, 5.41) is 6.65. The number of pyridine rings is 1. The van der Waals surface area contributed by atoms with Crippen LogP contribution in [0.2, 0.25) is 5.15 Å². The zero-order valence-corrected chi connectivity index (χ0v) is 17.2. The van der Waals surface area contributed by atoms with E-state index in [0.29, 0.717) is 22.9 Å². The molecule has 1 atom stereocenters. The fourth-order valence-corrected chi connectivity index (χ4v) is 3.30. The lowest BCUT2D eigenvalue weighted by Gasteiger charge is -2.18. The molecule has 2 aromatic heterocycles. The van der Waals surface area contributed by atoms with E-state index in [1.807, 2.05) is 6.26 Å². The Morgan fingerprint density at radius 2 is 2.03 bits per heavy atom. The molecule has 0 aliphatic rings. The molecule has 2 heterocycles. The Hall–Kier alpha value is -2.58. The van der Waals surface area contributed by atoms with Gasteiger partial charge >= 0.3 is 0 Å². The average molecular weight is 435 g/mol. The van der Waals surface area contributed by atoms with Crippen molar-refractivity contribution in [2.24, 2.45) is 0 Å². The van der Waals surface area contributed by atoms with Crippen molar-refractivity contribution in [1.82, 2.24) is 20.6 Å². The van der Waals surface area contributed by atoms with Gasteiger partial charge in [-0.15, -0.1) is 0 Å². The Balaban J connectivity index is 1.77. The number of nitrogens with zero attached hydrogens (tertiary/aromatic N) is 1. The Morgan fingerprint density at radius 1 is 1.28 bits per heavy atom. The molecule has 3 rings (SSSR count). The van der Waals surface area contributed by atoms with Crippen LogP contribution in [0.15, 0.2) is 42.6 Å². The molecule has 3 N–H and O–H groups in total. The van der Waals surface area contributed by atoms with Crippen LogP contribution in [-0.2, 0) is 11.2 Å². The molecule has 0 spiro atoms. The van der Waals surface area contributed by atoms with E-state index >= 15 is 0 Å². The number of rotatable bonds is 8. The maximum atomic E-state index is 13.2. The summed E-state index contributed by atoms with van der Waals surface area (Å²) in [5.74, 6) is -0.315. The van der Waals surface area contributed by atoms with Crippen molar-refractivity contribution in [2.45, 2.75) is 12.5 Å². The number of fused-ring (bicyclic) bond motifs is 1. The van der Waals surface area contributed by atoms with Gasteiger partial charge in [-0.2, -0.15) is 11.8 Å². The molecule has 9 heteroatoms. The van der Waals surface area contributed by atoms with Gasteiger partial charge in [-0.05, 0) is 36.1 Å². The zero-order valence-electron chi connectivity index (χ0n) is 15.7. The van der Waals surface area contributed by atoms with Crippen molar-refractivity contribution in [3.05, 3.63) is 64.8 Å². The van der Waals surface area contributed by atoms with Crippen molar-refractivity contribution in [1.29, 1.82) is 0 Å². The third kappa shape index (κ3) is 5.71. The Kier molecular flexibility index (Phi) is 7.11. The molecule has 0 fully saturated rings. The summed E-state index contributed by atoms with van der Waals surface area (Å²) < 4.78 is 13.2. The Bertz CT molecular complexity index is 1010. The molecule has 0 saturated carbocycles. The molecule has 0 saturated heterocycles. The third-order valence-electron chi connectivity index (χ3n) is 4.30. The van der Waals surface area contributed by atoms with E-state index in [0.717, 1.165) is 16.7 Å². The van der Waals surface area contributed by atoms with Gasteiger partial charge < -0.3 is 15.6 Å². The van der Waals surface area contributed by atoms with Crippen LogP contribution in [0.25, 0.3) is 10.9 Å². The topological polar surface area (TPSA) is 86.9 Å². The van der Waals surface area contributed by atoms with Crippen molar-refractivity contribution in [2.75, 3.05) is 18.6 Å². The molecule has 1 aromatic carbocycles. The molecular weight excluding hydrogens is 415 g/mol. The predicted molar refractivity (Wildman–Crippen MR) is 114 cm³/mol. The lowest BCUT2D eigenvalue weighted by molar-refractivity contribution is -0.122. The minimum Gasteiger partial charge on any atom is -0.353 e. The summed E-state index contributed by atoms with van der Waals surface area (Å²) in [4.78, 5) is 32.3. The van der Waals surface area contributed by atoms with E-state index in [1.165, 1.54) is 12.1 Å². The number of hydrogen-bond acceptors (Lipinski definition) is 4. The smallest absolute Gasteiger partial charge is 0.268 e. The first-order chi connectivity index (χ1) is 14.0. The molecule has 29 heavy (non-hydrogen) atoms. The lowest BCUT2D eigenvalue weighted by atomic mass is 10.0. The summed E-state index contributed by atoms with van der Waals surface area (Å²) in [7, 11) is 0. The lowest BCUT2D eigenvalue weighted by Crippen LogP contribution is -2.48. The normalized spacial score (nSPS) is 12.0. The molecular formula is C20H20ClFN4O2S. The van der Waals surface area contributed by atoms with Crippen molar-refractivity contribution >= 4 is 46.1 Å². The number of aromatic nitrogens is 2. The first kappa shape index (κ1) is 21.1. The SMILES string of the molecule is CSCCNC(=O)[C@H](Cc1ccc(F)cc1)NC(=O)c1cc2cc(Cl)ncc2[nH]1. The molecule has 152 valence electrons. The molecule has 6 nitrogen and oxygen atoms in total. The van der Waals surface area contributed by atoms with Crippen LogP contribution in [0.3, 0.4) is 0 Å². The van der Waals surface area contributed by atoms with Gasteiger partial charge in [0.2, 0.25) is 5.91 Å². The fourth-order valence-electron chi connectivity index (χ4n) is 2.83. The van der Waals surface area contributed by atoms with Gasteiger partial charge in [0.25, 0.3) is 5.91 Å². The quantitative estimate of drug-likeness (QED) is 0.375. The molecule has 0 unspecified atom stereocenters. The second kappa shape index (κ2) is 9.76. The summed E-state index contributed by atoms with van der Waals surface area (Å²) in [5.41, 5.74) is 1.70. The third-order valence-corrected chi connectivity index (χ3v) is 5.12. The molecule has 2 amide bonds. The van der Waals surface area contributed by atoms with Crippen LogP contribution in [-0.4, -0.2) is 46.4 Å². The predicted octanol–water partition coefficient (Wildman–Crippen LogP) is 3.18. The van der Waals surface area contributed by atoms with Crippen LogP contribution in [0.4, 0.5) is 4.39 Å². The first-order valence-electron chi connectivity index (χ1n) is 8.92. The molecule has 0 aliphatic carbocycles. The maximum Gasteiger partial charge on any atom is 0.268 e. The van der Waals surface area contributed by atoms with Gasteiger partial charge in [-0.1, -0.05) is 23.7 Å². The number of H-pyrrole nitrogens is 1. The van der Waals surface area contributed by atoms with Gasteiger partial charge in [0.1, 0.15) is 22.7 Å². The number of halogens is 2. The molecule has 0 bridgehead atoms. The number of aromatic amines is 1. The van der Waals surface area contributed by atoms with Crippen molar-refractivity contribution in [3.8, 4) is 0 Å². The first-order valence-corrected chi connectivity index (χ1v) is 10.7. The van der Waals surface area contributed by atoms with Crippen molar-refractivity contribution in [3.63, 3.8) is 0 Å². The average Bonchev–Trinajstić information content (AvgIpc) is 3.12. The summed E-state index contributed by atoms with van der Waals surface area (Å²) in [6, 6.07) is 8.35. The van der Waals surface area contributed by atoms with Crippen LogP contribution in [0.1, 0.15) is 16.1 Å². The van der Waals surface area contributed by atoms with E-state index in [4.69, 9.17) is 11.6 Å². The van der Waals surface area contributed by atoms with Gasteiger partial charge in [0.05, 0.1) is 11.7 Å². The van der Waals surface area contributed by atoms with E-state index < -0.39 is 11.9 Å². The maximum absolute atomic E-state index is 13.2. The van der Waals surface area contributed by atoms with Gasteiger partial charge in [-0.3, -0.25) is 9.59 Å². The van der Waals surface area contributed by atoms with Crippen LogP contribution < -0.4 is 10.6 Å². The second-order valence-electron chi connectivity index (χ2n) is 6.42. The van der Waals surface area contributed by atoms with Crippen LogP contribution in [0.5, 0.6) is 0 Å². The second-order valence-corrected chi connectivity index (χ2v) is 7.79. The van der Waals surface area contributed by atoms with Crippen LogP contribution >= 0.6 is 23.4 Å². The zero-order chi connectivity index (χ0) is 20.8. The van der Waals surface area contributed by atoms with E-state index in [1.54, 1.807) is 42.2 Å². The monoisotopic (exact) mass is 434 g/mol. The number of nitrogens with one attached hydrogen (secondary N) is 3. The number of benzene rings is 1.